The molecule has 0 radical (unpaired) electrons. The molecule has 6 heteroatoms. The Kier molecular flexibility index (Phi) is 5.74. The molecule has 5 nitrogen and oxygen atoms in total. The highest BCUT2D eigenvalue weighted by atomic mass is 79.9. The van der Waals surface area contributed by atoms with Gasteiger partial charge < -0.3 is 9.47 Å². The van der Waals surface area contributed by atoms with Gasteiger partial charge in [-0.05, 0) is 41.6 Å². The zero-order chi connectivity index (χ0) is 14.5. The molecule has 0 spiro atoms. The number of aromatic nitrogens is 2. The predicted octanol–water partition coefficient (Wildman–Crippen LogP) is 2.68. The third kappa shape index (κ3) is 3.68. The lowest BCUT2D eigenvalue weighted by molar-refractivity contribution is -0.0246. The van der Waals surface area contributed by atoms with Crippen molar-refractivity contribution in [2.75, 3.05) is 20.3 Å². The Morgan fingerprint density at radius 1 is 1.55 bits per heavy atom. The van der Waals surface area contributed by atoms with E-state index < -0.39 is 0 Å². The average molecular weight is 345 g/mol. The van der Waals surface area contributed by atoms with Crippen molar-refractivity contribution in [1.29, 1.82) is 0 Å². The molecule has 1 aliphatic carbocycles. The molecule has 1 aliphatic rings. The number of rotatable bonds is 8. The number of nitrogens with zero attached hydrogens (tertiary/aromatic N) is 2. The number of hydrogen-bond acceptors (Lipinski definition) is 4. The summed E-state index contributed by atoms with van der Waals surface area (Å²) >= 11 is 3.41. The van der Waals surface area contributed by atoms with Crippen molar-refractivity contribution in [3.8, 4) is 0 Å². The van der Waals surface area contributed by atoms with Crippen LogP contribution < -0.4 is 0 Å². The number of ketones is 1. The van der Waals surface area contributed by atoms with E-state index in [0.717, 1.165) is 23.9 Å². The average Bonchev–Trinajstić information content (AvgIpc) is 2.75. The van der Waals surface area contributed by atoms with Gasteiger partial charge in [0.05, 0.1) is 29.9 Å². The van der Waals surface area contributed by atoms with Gasteiger partial charge in [-0.3, -0.25) is 9.48 Å². The molecule has 20 heavy (non-hydrogen) atoms. The van der Waals surface area contributed by atoms with Gasteiger partial charge in [-0.1, -0.05) is 0 Å². The van der Waals surface area contributed by atoms with Crippen molar-refractivity contribution in [2.24, 2.45) is 5.92 Å². The molecule has 112 valence electrons. The summed E-state index contributed by atoms with van der Waals surface area (Å²) in [5.41, 5.74) is 0.655. The molecule has 2 rings (SSSR count). The number of ether oxygens (including phenoxy) is 2. The van der Waals surface area contributed by atoms with Gasteiger partial charge in [0, 0.05) is 20.1 Å². The second kappa shape index (κ2) is 7.33. The number of carbonyl (C=O) groups excluding carboxylic acids is 1. The van der Waals surface area contributed by atoms with Crippen molar-refractivity contribution in [3.05, 3.63) is 16.4 Å². The lowest BCUT2D eigenvalue weighted by Crippen LogP contribution is -2.33. The van der Waals surface area contributed by atoms with E-state index in [0.29, 0.717) is 37.3 Å². The van der Waals surface area contributed by atoms with Crippen LogP contribution >= 0.6 is 15.9 Å². The summed E-state index contributed by atoms with van der Waals surface area (Å²) in [4.78, 5) is 12.4. The Bertz CT molecular complexity index is 455. The fourth-order valence-corrected chi connectivity index (χ4v) is 3.08. The quantitative estimate of drug-likeness (QED) is 0.680. The van der Waals surface area contributed by atoms with Crippen molar-refractivity contribution in [3.63, 3.8) is 0 Å². The third-order valence-electron chi connectivity index (χ3n) is 3.64. The first kappa shape index (κ1) is 15.7. The van der Waals surface area contributed by atoms with E-state index in [-0.39, 0.29) is 5.78 Å². The summed E-state index contributed by atoms with van der Waals surface area (Å²) in [6, 6.07) is 0. The Hall–Kier alpha value is -0.720. The summed E-state index contributed by atoms with van der Waals surface area (Å²) < 4.78 is 13.0. The maximum absolute atomic E-state index is 12.4. The molecule has 0 aromatic carbocycles. The molecule has 0 N–H and O–H groups in total. The monoisotopic (exact) mass is 344 g/mol. The van der Waals surface area contributed by atoms with Crippen LogP contribution in [0.1, 0.15) is 36.7 Å². The number of hydrogen-bond donors (Lipinski definition) is 0. The fraction of sp³-hybridized carbons (Fsp3) is 0.714. The van der Waals surface area contributed by atoms with E-state index in [1.807, 2.05) is 6.92 Å². The topological polar surface area (TPSA) is 53.3 Å². The minimum Gasteiger partial charge on any atom is -0.383 e. The molecule has 0 amide bonds. The van der Waals surface area contributed by atoms with Crippen LogP contribution in [0.15, 0.2) is 10.7 Å². The molecule has 0 bridgehead atoms. The number of methoxy groups -OCH3 is 1. The van der Waals surface area contributed by atoms with Crippen LogP contribution in [0.2, 0.25) is 0 Å². The van der Waals surface area contributed by atoms with Crippen LogP contribution in [0, 0.1) is 5.92 Å². The first-order valence-electron chi connectivity index (χ1n) is 7.00. The first-order valence-corrected chi connectivity index (χ1v) is 7.80. The summed E-state index contributed by atoms with van der Waals surface area (Å²) in [5, 5.41) is 4.21. The van der Waals surface area contributed by atoms with Crippen LogP contribution in [0.4, 0.5) is 0 Å². The molecule has 0 aliphatic heterocycles. The summed E-state index contributed by atoms with van der Waals surface area (Å²) in [7, 11) is 1.64. The fourth-order valence-electron chi connectivity index (χ4n) is 2.56. The number of halogens is 1. The molecule has 0 atom stereocenters. The summed E-state index contributed by atoms with van der Waals surface area (Å²) in [6.07, 6.45) is 4.57. The zero-order valence-corrected chi connectivity index (χ0v) is 13.6. The standard InChI is InChI=1S/C14H21BrN2O3/c1-3-20-11-6-10(7-11)8-13(18)14-12(15)9-16-17(14)4-5-19-2/h9-11H,3-8H2,1-2H3. The molecular formula is C14H21BrN2O3. The minimum absolute atomic E-state index is 0.144. The van der Waals surface area contributed by atoms with Crippen LogP contribution in [0.25, 0.3) is 0 Å². The van der Waals surface area contributed by atoms with E-state index in [2.05, 4.69) is 21.0 Å². The molecular weight excluding hydrogens is 324 g/mol. The molecule has 1 aromatic heterocycles. The second-order valence-corrected chi connectivity index (χ2v) is 5.95. The van der Waals surface area contributed by atoms with Gasteiger partial charge in [0.2, 0.25) is 0 Å². The smallest absolute Gasteiger partial charge is 0.182 e. The molecule has 0 saturated heterocycles. The zero-order valence-electron chi connectivity index (χ0n) is 12.0. The highest BCUT2D eigenvalue weighted by molar-refractivity contribution is 9.10. The molecule has 1 heterocycles. The predicted molar refractivity (Wildman–Crippen MR) is 78.9 cm³/mol. The van der Waals surface area contributed by atoms with E-state index in [4.69, 9.17) is 9.47 Å². The summed E-state index contributed by atoms with van der Waals surface area (Å²) in [6.45, 7) is 3.89. The first-order chi connectivity index (χ1) is 9.65. The van der Waals surface area contributed by atoms with Gasteiger partial charge in [0.1, 0.15) is 5.69 Å². The van der Waals surface area contributed by atoms with Crippen molar-refractivity contribution < 1.29 is 14.3 Å². The van der Waals surface area contributed by atoms with Gasteiger partial charge in [-0.15, -0.1) is 0 Å². The molecule has 1 aromatic rings. The molecule has 1 saturated carbocycles. The Morgan fingerprint density at radius 3 is 2.95 bits per heavy atom. The Labute approximate surface area is 127 Å². The Balaban J connectivity index is 1.91. The van der Waals surface area contributed by atoms with Crippen LogP contribution in [0.3, 0.4) is 0 Å². The van der Waals surface area contributed by atoms with Crippen molar-refractivity contribution >= 4 is 21.7 Å². The van der Waals surface area contributed by atoms with Gasteiger partial charge >= 0.3 is 0 Å². The highest BCUT2D eigenvalue weighted by Crippen LogP contribution is 2.34. The second-order valence-electron chi connectivity index (χ2n) is 5.10. The largest absolute Gasteiger partial charge is 0.383 e. The van der Waals surface area contributed by atoms with Crippen molar-refractivity contribution in [1.82, 2.24) is 9.78 Å². The van der Waals surface area contributed by atoms with Crippen LogP contribution in [0.5, 0.6) is 0 Å². The lowest BCUT2D eigenvalue weighted by Gasteiger charge is -2.34. The van der Waals surface area contributed by atoms with Crippen LogP contribution in [-0.2, 0) is 16.0 Å². The Morgan fingerprint density at radius 2 is 2.30 bits per heavy atom. The van der Waals surface area contributed by atoms with Gasteiger partial charge in [0.25, 0.3) is 0 Å². The van der Waals surface area contributed by atoms with E-state index in [1.54, 1.807) is 18.0 Å². The number of carbonyl (C=O) groups is 1. The lowest BCUT2D eigenvalue weighted by atomic mass is 9.78. The van der Waals surface area contributed by atoms with E-state index >= 15 is 0 Å². The normalized spacial score (nSPS) is 21.8. The number of Topliss-reactive ketones (excluding diaryl/α,β-unsaturated/α-hetero) is 1. The van der Waals surface area contributed by atoms with Gasteiger partial charge in [-0.25, -0.2) is 0 Å². The maximum atomic E-state index is 12.4. The molecule has 1 fully saturated rings. The van der Waals surface area contributed by atoms with Crippen molar-refractivity contribution in [2.45, 2.75) is 38.8 Å². The minimum atomic E-state index is 0.144. The van der Waals surface area contributed by atoms with Gasteiger partial charge in [-0.2, -0.15) is 5.10 Å². The third-order valence-corrected chi connectivity index (χ3v) is 4.22. The summed E-state index contributed by atoms with van der Waals surface area (Å²) in [5.74, 6) is 0.585. The van der Waals surface area contributed by atoms with E-state index in [9.17, 15) is 4.79 Å². The SMILES string of the molecule is CCOC1CC(CC(=O)c2c(Br)cnn2CCOC)C1. The van der Waals surface area contributed by atoms with Gasteiger partial charge in [0.15, 0.2) is 5.78 Å². The maximum Gasteiger partial charge on any atom is 0.182 e. The molecule has 0 unspecified atom stereocenters. The highest BCUT2D eigenvalue weighted by Gasteiger charge is 2.32. The van der Waals surface area contributed by atoms with Crippen LogP contribution in [-0.4, -0.2) is 42.0 Å². The van der Waals surface area contributed by atoms with E-state index in [1.165, 1.54) is 0 Å².